The lowest BCUT2D eigenvalue weighted by atomic mass is 10.2. The van der Waals surface area contributed by atoms with E-state index in [1.54, 1.807) is 0 Å². The first-order valence-electron chi connectivity index (χ1n) is 4.80. The van der Waals surface area contributed by atoms with E-state index in [9.17, 15) is 17.6 Å². The molecule has 0 atom stereocenters. The van der Waals surface area contributed by atoms with E-state index in [-0.39, 0.29) is 12.3 Å². The van der Waals surface area contributed by atoms with Crippen LogP contribution in [0.25, 0.3) is 0 Å². The van der Waals surface area contributed by atoms with Crippen LogP contribution in [0.3, 0.4) is 0 Å². The van der Waals surface area contributed by atoms with Gasteiger partial charge in [-0.3, -0.25) is 4.72 Å². The van der Waals surface area contributed by atoms with Gasteiger partial charge in [0.2, 0.25) is 10.0 Å². The maximum Gasteiger partial charge on any atom is 0.430 e. The minimum atomic E-state index is -3.55. The summed E-state index contributed by atoms with van der Waals surface area (Å²) in [5, 5.41) is 0. The number of carbonyl (C=O) groups excluding carboxylic acids is 1. The van der Waals surface area contributed by atoms with E-state index in [2.05, 4.69) is 25.6 Å². The molecule has 6 nitrogen and oxygen atoms in total. The second kappa shape index (κ2) is 6.35. The third-order valence-corrected chi connectivity index (χ3v) is 2.77. The van der Waals surface area contributed by atoms with Crippen molar-refractivity contribution < 1.29 is 22.3 Å². The number of halogens is 1. The molecule has 10 heteroatoms. The molecule has 0 unspecified atom stereocenters. The highest BCUT2D eigenvalue weighted by molar-refractivity contribution is 7.94. The van der Waals surface area contributed by atoms with Crippen LogP contribution in [0.5, 0.6) is 0 Å². The predicted molar refractivity (Wildman–Crippen MR) is 74.9 cm³/mol. The average Bonchev–Trinajstić information content (AvgIpc) is 2.27. The highest BCUT2D eigenvalue weighted by Crippen LogP contribution is 2.17. The fourth-order valence-electron chi connectivity index (χ4n) is 1.13. The van der Waals surface area contributed by atoms with Gasteiger partial charge in [-0.1, -0.05) is 6.07 Å². The van der Waals surface area contributed by atoms with Crippen molar-refractivity contribution in [1.29, 1.82) is 0 Å². The van der Waals surface area contributed by atoms with Crippen LogP contribution in [0, 0.1) is 5.82 Å². The molecule has 1 amide bonds. The number of hydrogen-bond acceptors (Lipinski definition) is 6. The van der Waals surface area contributed by atoms with E-state index in [0.29, 0.717) is 9.27 Å². The molecule has 0 radical (unpaired) electrons. The van der Waals surface area contributed by atoms with Crippen LogP contribution >= 0.6 is 25.6 Å². The number of ether oxygens (including phenoxy) is 1. The molecule has 1 aromatic rings. The Morgan fingerprint density at radius 3 is 2.58 bits per heavy atom. The normalized spacial score (nSPS) is 10.9. The van der Waals surface area contributed by atoms with Gasteiger partial charge < -0.3 is 4.74 Å². The van der Waals surface area contributed by atoms with E-state index in [1.807, 2.05) is 4.72 Å². The summed E-state index contributed by atoms with van der Waals surface area (Å²) in [5.74, 6) is -0.771. The van der Waals surface area contributed by atoms with E-state index in [4.69, 9.17) is 4.74 Å². The summed E-state index contributed by atoms with van der Waals surface area (Å²) in [6, 6.07) is 3.71. The SMILES string of the molecule is CS(=O)(=O)Nc1ccc(COC(=O)N(S)S)cc1F. The van der Waals surface area contributed by atoms with Crippen molar-refractivity contribution in [2.75, 3.05) is 11.0 Å². The summed E-state index contributed by atoms with van der Waals surface area (Å²) in [6.07, 6.45) is 0.0984. The van der Waals surface area contributed by atoms with Gasteiger partial charge in [-0.15, -0.1) is 0 Å². The molecule has 0 saturated heterocycles. The Morgan fingerprint density at radius 1 is 1.47 bits per heavy atom. The summed E-state index contributed by atoms with van der Waals surface area (Å²) in [5.41, 5.74) is 0.177. The van der Waals surface area contributed by atoms with Gasteiger partial charge in [-0.25, -0.2) is 17.6 Å². The third kappa shape index (κ3) is 5.57. The van der Waals surface area contributed by atoms with Crippen LogP contribution in [0.15, 0.2) is 18.2 Å². The van der Waals surface area contributed by atoms with Crippen LogP contribution in [0.4, 0.5) is 14.9 Å². The van der Waals surface area contributed by atoms with Gasteiger partial charge >= 0.3 is 6.09 Å². The standard InChI is InChI=1S/C9H11FN2O4S3/c1-19(14,15)11-8-3-2-6(4-7(8)10)5-16-9(13)12(17)18/h2-4,11,17-18H,5H2,1H3. The molecular formula is C9H11FN2O4S3. The molecule has 0 aliphatic rings. The van der Waals surface area contributed by atoms with Gasteiger partial charge in [0.05, 0.1) is 11.9 Å². The zero-order valence-electron chi connectivity index (χ0n) is 9.70. The Hall–Kier alpha value is -1.13. The predicted octanol–water partition coefficient (Wildman–Crippen LogP) is 1.83. The summed E-state index contributed by atoms with van der Waals surface area (Å²) in [6.45, 7) is -0.188. The summed E-state index contributed by atoms with van der Waals surface area (Å²) >= 11 is 7.19. The van der Waals surface area contributed by atoms with Crippen LogP contribution in [-0.2, 0) is 21.4 Å². The fourth-order valence-corrected chi connectivity index (χ4v) is 1.81. The highest BCUT2D eigenvalue weighted by atomic mass is 32.2. The zero-order valence-corrected chi connectivity index (χ0v) is 12.3. The Kier molecular flexibility index (Phi) is 5.32. The molecule has 19 heavy (non-hydrogen) atoms. The van der Waals surface area contributed by atoms with Crippen molar-refractivity contribution in [3.8, 4) is 0 Å². The molecule has 0 aliphatic heterocycles. The smallest absolute Gasteiger partial charge is 0.430 e. The number of amides is 1. The molecule has 0 heterocycles. The Morgan fingerprint density at radius 2 is 2.11 bits per heavy atom. The first-order chi connectivity index (χ1) is 8.69. The lowest BCUT2D eigenvalue weighted by molar-refractivity contribution is 0.136. The molecule has 0 aromatic heterocycles. The second-order valence-electron chi connectivity index (χ2n) is 3.53. The number of rotatable bonds is 4. The van der Waals surface area contributed by atoms with Crippen molar-refractivity contribution in [3.63, 3.8) is 0 Å². The minimum Gasteiger partial charge on any atom is -0.443 e. The fraction of sp³-hybridized carbons (Fsp3) is 0.222. The van der Waals surface area contributed by atoms with Gasteiger partial charge in [-0.05, 0) is 43.3 Å². The lowest BCUT2D eigenvalue weighted by Crippen LogP contribution is -2.13. The zero-order chi connectivity index (χ0) is 14.6. The molecule has 0 saturated carbocycles. The highest BCUT2D eigenvalue weighted by Gasteiger charge is 2.10. The minimum absolute atomic E-state index is 0.178. The number of thiol groups is 2. The van der Waals surface area contributed by atoms with Gasteiger partial charge in [0.25, 0.3) is 0 Å². The first-order valence-corrected chi connectivity index (χ1v) is 7.49. The number of benzene rings is 1. The summed E-state index contributed by atoms with van der Waals surface area (Å²) in [4.78, 5) is 11.0. The Bertz CT molecular complexity index is 577. The van der Waals surface area contributed by atoms with E-state index >= 15 is 0 Å². The molecule has 0 spiro atoms. The molecule has 106 valence electrons. The van der Waals surface area contributed by atoms with Crippen molar-refractivity contribution in [2.24, 2.45) is 0 Å². The molecule has 1 rings (SSSR count). The molecule has 0 fully saturated rings. The first kappa shape index (κ1) is 15.9. The van der Waals surface area contributed by atoms with E-state index in [1.165, 1.54) is 12.1 Å². The quantitative estimate of drug-likeness (QED) is 0.738. The van der Waals surface area contributed by atoms with Gasteiger partial charge in [-0.2, -0.15) is 3.71 Å². The van der Waals surface area contributed by atoms with Gasteiger partial charge in [0.15, 0.2) is 0 Å². The van der Waals surface area contributed by atoms with E-state index in [0.717, 1.165) is 12.3 Å². The van der Waals surface area contributed by atoms with Crippen molar-refractivity contribution in [3.05, 3.63) is 29.6 Å². The maximum absolute atomic E-state index is 13.6. The maximum atomic E-state index is 13.6. The molecule has 1 N–H and O–H groups in total. The van der Waals surface area contributed by atoms with Crippen LogP contribution in [0.2, 0.25) is 0 Å². The molecule has 1 aromatic carbocycles. The topological polar surface area (TPSA) is 75.7 Å². The van der Waals surface area contributed by atoms with Crippen molar-refractivity contribution in [1.82, 2.24) is 3.71 Å². The monoisotopic (exact) mass is 326 g/mol. The lowest BCUT2D eigenvalue weighted by Gasteiger charge is -2.10. The largest absolute Gasteiger partial charge is 0.443 e. The average molecular weight is 326 g/mol. The summed E-state index contributed by atoms with van der Waals surface area (Å²) in [7, 11) is -3.55. The second-order valence-corrected chi connectivity index (χ2v) is 6.40. The summed E-state index contributed by atoms with van der Waals surface area (Å²) < 4.78 is 42.8. The Balaban J connectivity index is 2.75. The van der Waals surface area contributed by atoms with Crippen molar-refractivity contribution in [2.45, 2.75) is 6.61 Å². The van der Waals surface area contributed by atoms with Crippen LogP contribution in [0.1, 0.15) is 5.56 Å². The van der Waals surface area contributed by atoms with Gasteiger partial charge in [0.1, 0.15) is 12.4 Å². The van der Waals surface area contributed by atoms with Crippen LogP contribution < -0.4 is 4.72 Å². The van der Waals surface area contributed by atoms with E-state index < -0.39 is 21.9 Å². The number of nitrogens with zero attached hydrogens (tertiary/aromatic N) is 1. The number of nitrogens with one attached hydrogen (secondary N) is 1. The number of carbonyl (C=O) groups is 1. The molecule has 0 bridgehead atoms. The number of sulfonamides is 1. The number of anilines is 1. The third-order valence-electron chi connectivity index (χ3n) is 1.85. The molecular weight excluding hydrogens is 315 g/mol. The van der Waals surface area contributed by atoms with Crippen molar-refractivity contribution >= 4 is 47.4 Å². The Labute approximate surface area is 121 Å². The van der Waals surface area contributed by atoms with Gasteiger partial charge in [0, 0.05) is 0 Å². The molecule has 0 aliphatic carbocycles. The number of hydrogen-bond donors (Lipinski definition) is 3. The van der Waals surface area contributed by atoms with Crippen LogP contribution in [-0.4, -0.2) is 24.5 Å².